The highest BCUT2D eigenvalue weighted by atomic mass is 35.5. The third kappa shape index (κ3) is 16.5. The summed E-state index contributed by atoms with van der Waals surface area (Å²) >= 11 is 17.9. The number of Topliss-reactive ketones (excluding diaryl/α,β-unsaturated/α-hetero) is 1. The van der Waals surface area contributed by atoms with Crippen LogP contribution >= 0.6 is 68.5 Å². The number of anilines is 1. The lowest BCUT2D eigenvalue weighted by molar-refractivity contribution is 0.101. The predicted octanol–water partition coefficient (Wildman–Crippen LogP) is 19.1. The largest absolute Gasteiger partial charge is 0.380 e. The molecule has 0 radical (unpaired) electrons. The molecule has 0 amide bonds. The maximum Gasteiger partial charge on any atom is 0.185 e. The number of benzene rings is 7. The zero-order valence-corrected chi connectivity index (χ0v) is 51.9. The molecule has 3 unspecified atom stereocenters. The van der Waals surface area contributed by atoms with Gasteiger partial charge in [0.25, 0.3) is 0 Å². The molecule has 11 aromatic rings. The Hall–Kier alpha value is -7.45. The van der Waals surface area contributed by atoms with Crippen molar-refractivity contribution in [2.45, 2.75) is 70.4 Å². The first-order valence-corrected chi connectivity index (χ1v) is 31.7. The van der Waals surface area contributed by atoms with Gasteiger partial charge in [-0.05, 0) is 95.2 Å². The smallest absolute Gasteiger partial charge is 0.185 e. The summed E-state index contributed by atoms with van der Waals surface area (Å²) in [5.74, 6) is 1.07. The summed E-state index contributed by atoms with van der Waals surface area (Å²) in [6.45, 7) is 15.9. The van der Waals surface area contributed by atoms with Crippen LogP contribution < -0.4 is 4.90 Å². The van der Waals surface area contributed by atoms with Gasteiger partial charge in [0.2, 0.25) is 0 Å². The molecule has 0 fully saturated rings. The predicted molar refractivity (Wildman–Crippen MR) is 356 cm³/mol. The maximum atomic E-state index is 10.6. The number of aromatic nitrogens is 4. The molecular formula is C71H65Cl2N5O2S4. The molecule has 4 aromatic heterocycles. The number of rotatable bonds is 11. The lowest BCUT2D eigenvalue weighted by Gasteiger charge is -2.28. The SMILES string of the molecule is C=C(c1ccccc1)c1cnc(C2CCc3ccccc3C2)s1.C=C(c1ccccc1)c1cnc(Cl)s1.CC(=O)c1ccccc1.CC(O)(c1ccccc1)c1cnc(Cl)s1.CC(c1ccccc1)c1cnc(N2CCc3ccccc3C2)s1. The molecule has 0 bridgehead atoms. The van der Waals surface area contributed by atoms with E-state index in [9.17, 15) is 9.90 Å². The Morgan fingerprint density at radius 2 is 1.06 bits per heavy atom. The number of fused-ring (bicyclic) bond motifs is 2. The summed E-state index contributed by atoms with van der Waals surface area (Å²) in [5, 5.41) is 12.8. The van der Waals surface area contributed by atoms with Gasteiger partial charge in [-0.2, -0.15) is 0 Å². The maximum absolute atomic E-state index is 10.6. The minimum absolute atomic E-state index is 0.121. The first-order chi connectivity index (χ1) is 40.8. The zero-order chi connectivity index (χ0) is 58.8. The van der Waals surface area contributed by atoms with E-state index in [1.165, 1.54) is 77.2 Å². The van der Waals surface area contributed by atoms with E-state index in [2.05, 4.69) is 144 Å². The van der Waals surface area contributed by atoms with Gasteiger partial charge in [-0.25, -0.2) is 19.9 Å². The number of aryl methyl sites for hydroxylation is 1. The number of thiazole rings is 4. The van der Waals surface area contributed by atoms with Crippen molar-refractivity contribution < 1.29 is 9.90 Å². The van der Waals surface area contributed by atoms with E-state index in [0.29, 0.717) is 20.8 Å². The first-order valence-electron chi connectivity index (χ1n) is 27.7. The van der Waals surface area contributed by atoms with E-state index in [1.807, 2.05) is 115 Å². The van der Waals surface area contributed by atoms with Crippen molar-refractivity contribution in [1.82, 2.24) is 19.9 Å². The molecule has 0 spiro atoms. The summed E-state index contributed by atoms with van der Waals surface area (Å²) in [6.07, 6.45) is 12.0. The monoisotopic (exact) mass is 1220 g/mol. The zero-order valence-electron chi connectivity index (χ0n) is 47.2. The van der Waals surface area contributed by atoms with Gasteiger partial charge in [0.1, 0.15) is 5.60 Å². The number of carbonyl (C=O) groups is 1. The van der Waals surface area contributed by atoms with Gasteiger partial charge in [-0.3, -0.25) is 4.79 Å². The Labute approximate surface area is 520 Å². The first kappa shape index (κ1) is 61.1. The topological polar surface area (TPSA) is 92.1 Å². The van der Waals surface area contributed by atoms with Crippen molar-refractivity contribution in [2.75, 3.05) is 11.4 Å². The van der Waals surface area contributed by atoms with Crippen LogP contribution in [-0.4, -0.2) is 37.4 Å². The number of ketones is 1. The molecule has 3 atom stereocenters. The van der Waals surface area contributed by atoms with Crippen LogP contribution in [0.3, 0.4) is 0 Å². The second kappa shape index (κ2) is 29.9. The molecule has 5 heterocycles. The number of nitrogens with zero attached hydrogens (tertiary/aromatic N) is 5. The fourth-order valence-electron chi connectivity index (χ4n) is 9.72. The molecule has 2 aliphatic rings. The highest BCUT2D eigenvalue weighted by molar-refractivity contribution is 7.17. The van der Waals surface area contributed by atoms with Crippen molar-refractivity contribution in [1.29, 1.82) is 0 Å². The van der Waals surface area contributed by atoms with E-state index in [1.54, 1.807) is 37.6 Å². The summed E-state index contributed by atoms with van der Waals surface area (Å²) in [5.41, 5.74) is 12.2. The Morgan fingerprint density at radius 3 is 1.61 bits per heavy atom. The van der Waals surface area contributed by atoms with Gasteiger partial charge >= 0.3 is 0 Å². The quantitative estimate of drug-likeness (QED) is 0.129. The Bertz CT molecular complexity index is 3860. The van der Waals surface area contributed by atoms with Crippen LogP contribution in [0.15, 0.2) is 238 Å². The van der Waals surface area contributed by atoms with Crippen LogP contribution in [0.2, 0.25) is 8.93 Å². The second-order valence-electron chi connectivity index (χ2n) is 20.4. The molecule has 7 nitrogen and oxygen atoms in total. The molecule has 84 heavy (non-hydrogen) atoms. The number of halogens is 2. The second-order valence-corrected chi connectivity index (χ2v) is 25.7. The van der Waals surface area contributed by atoms with E-state index >= 15 is 0 Å². The third-order valence-corrected chi connectivity index (χ3v) is 19.6. The molecule has 13 heteroatoms. The van der Waals surface area contributed by atoms with Crippen molar-refractivity contribution in [2.24, 2.45) is 0 Å². The number of aliphatic hydroxyl groups is 1. The van der Waals surface area contributed by atoms with Crippen LogP contribution in [0.1, 0.15) is 118 Å². The van der Waals surface area contributed by atoms with Gasteiger partial charge in [-0.1, -0.05) is 243 Å². The van der Waals surface area contributed by atoms with Crippen LogP contribution in [0, 0.1) is 0 Å². The van der Waals surface area contributed by atoms with Gasteiger partial charge in [0, 0.05) is 60.2 Å². The van der Waals surface area contributed by atoms with E-state index in [0.717, 1.165) is 75.1 Å². The lowest BCUT2D eigenvalue weighted by atomic mass is 9.84. The highest BCUT2D eigenvalue weighted by Crippen LogP contribution is 2.39. The molecule has 424 valence electrons. The van der Waals surface area contributed by atoms with Gasteiger partial charge in [-0.15, -0.1) is 45.3 Å². The molecule has 1 N–H and O–H groups in total. The molecule has 0 saturated heterocycles. The Morgan fingerprint density at radius 1 is 0.571 bits per heavy atom. The van der Waals surface area contributed by atoms with Crippen molar-refractivity contribution in [3.8, 4) is 0 Å². The van der Waals surface area contributed by atoms with Crippen molar-refractivity contribution in [3.05, 3.63) is 322 Å². The molecule has 0 saturated carbocycles. The fourth-order valence-corrected chi connectivity index (χ4v) is 13.7. The summed E-state index contributed by atoms with van der Waals surface area (Å²) in [6, 6.07) is 67.3. The normalized spacial score (nSPS) is 14.1. The number of carbonyl (C=O) groups excluding carboxylic acids is 1. The summed E-state index contributed by atoms with van der Waals surface area (Å²) in [4.78, 5) is 34.7. The summed E-state index contributed by atoms with van der Waals surface area (Å²) < 4.78 is 0.998. The number of hydrogen-bond acceptors (Lipinski definition) is 11. The van der Waals surface area contributed by atoms with Crippen LogP contribution in [0.4, 0.5) is 5.13 Å². The van der Waals surface area contributed by atoms with Crippen LogP contribution in [0.25, 0.3) is 11.1 Å². The van der Waals surface area contributed by atoms with Gasteiger partial charge in [0.05, 0.1) is 19.6 Å². The average molecular weight is 1220 g/mol. The van der Waals surface area contributed by atoms with Crippen LogP contribution in [-0.2, 0) is 31.4 Å². The Balaban J connectivity index is 0.000000131. The lowest BCUT2D eigenvalue weighted by Crippen LogP contribution is -2.30. The van der Waals surface area contributed by atoms with Crippen molar-refractivity contribution in [3.63, 3.8) is 0 Å². The van der Waals surface area contributed by atoms with Crippen molar-refractivity contribution >= 4 is 90.6 Å². The van der Waals surface area contributed by atoms with Gasteiger partial charge < -0.3 is 10.0 Å². The van der Waals surface area contributed by atoms with Gasteiger partial charge in [0.15, 0.2) is 19.8 Å². The molecule has 13 rings (SSSR count). The van der Waals surface area contributed by atoms with Crippen LogP contribution in [0.5, 0.6) is 0 Å². The Kier molecular flexibility index (Phi) is 21.7. The molecular weight excluding hydrogens is 1150 g/mol. The average Bonchev–Trinajstić information content (AvgIpc) is 4.56. The summed E-state index contributed by atoms with van der Waals surface area (Å²) in [7, 11) is 0. The molecule has 1 aliphatic carbocycles. The third-order valence-electron chi connectivity index (χ3n) is 14.6. The molecule has 7 aromatic carbocycles. The minimum Gasteiger partial charge on any atom is -0.380 e. The number of hydrogen-bond donors (Lipinski definition) is 1. The highest BCUT2D eigenvalue weighted by Gasteiger charge is 2.28. The van der Waals surface area contributed by atoms with E-state index < -0.39 is 5.60 Å². The molecule has 1 aliphatic heterocycles. The standard InChI is InChI=1S/C21H19NS.C20H20N2S.C11H10ClNOS.C11H8ClNS.C8H8O/c1-15(16-7-3-2-4-8-16)20-14-22-21(23-20)19-12-11-17-9-5-6-10-18(17)13-19;1-15(16-7-3-2-4-8-16)19-13-21-20(23-19)22-12-11-17-9-5-6-10-18(17)14-22;1-11(14,8-5-3-2-4-6-8)9-7-13-10(12)15-9;1-8(9-5-3-2-4-6-9)10-7-13-11(12)14-10;1-7(9)8-5-3-2-4-6-8/h2-10,14,19H,1,11-13H2;2-10,13,15H,11-12,14H2,1H3;2-7,14H,1H3;2-7H,1H2;2-6H,1H3. The van der Waals surface area contributed by atoms with E-state index in [-0.39, 0.29) is 5.78 Å². The minimum atomic E-state index is -1.02. The fraction of sp³-hybridized carbons (Fsp3) is 0.169. The van der Waals surface area contributed by atoms with E-state index in [4.69, 9.17) is 33.2 Å².